The summed E-state index contributed by atoms with van der Waals surface area (Å²) >= 11 is 5.28. The summed E-state index contributed by atoms with van der Waals surface area (Å²) in [4.78, 5) is 33.7. The highest BCUT2D eigenvalue weighted by Gasteiger charge is 2.57. The number of hydrogen-bond donors (Lipinski definition) is 3. The van der Waals surface area contributed by atoms with Gasteiger partial charge >= 0.3 is 0 Å². The molecule has 3 aromatic carbocycles. The molecule has 7 nitrogen and oxygen atoms in total. The van der Waals surface area contributed by atoms with E-state index in [0.717, 1.165) is 22.0 Å². The topological polar surface area (TPSA) is 95.6 Å². The summed E-state index contributed by atoms with van der Waals surface area (Å²) in [5.74, 6) is 0.886. The number of H-pyrrole nitrogens is 2. The lowest BCUT2D eigenvalue weighted by atomic mass is 9.67. The maximum absolute atomic E-state index is 14.5. The van der Waals surface area contributed by atoms with Gasteiger partial charge in [0.1, 0.15) is 17.1 Å². The average Bonchev–Trinajstić information content (AvgIpc) is 3.29. The standard InChI is InChI=1S/C26H17N5O2S/c1-13-19-23(31(30-13)15-9-3-2-4-10-15)27-22-20(24(33)29-25(34)28-22)26(19)17-12-6-8-14-7-5-11-16(18(14)17)21(26)32/h2-12H,1H3,(H3,27,28,29,33,34)/t26-/m1/s1. The Kier molecular flexibility index (Phi) is 3.61. The van der Waals surface area contributed by atoms with Gasteiger partial charge in [-0.15, -0.1) is 0 Å². The Morgan fingerprint density at radius 3 is 2.47 bits per heavy atom. The molecule has 0 saturated carbocycles. The molecule has 0 fully saturated rings. The Morgan fingerprint density at radius 1 is 0.912 bits per heavy atom. The molecule has 3 heterocycles. The number of aromatic nitrogens is 4. The molecule has 0 radical (unpaired) electrons. The zero-order chi connectivity index (χ0) is 23.2. The van der Waals surface area contributed by atoms with Crippen molar-refractivity contribution in [2.45, 2.75) is 12.3 Å². The smallest absolute Gasteiger partial charge is 0.258 e. The molecule has 1 aliphatic heterocycles. The van der Waals surface area contributed by atoms with Crippen molar-refractivity contribution in [2.75, 3.05) is 5.32 Å². The third-order valence-electron chi connectivity index (χ3n) is 6.89. The number of benzene rings is 3. The van der Waals surface area contributed by atoms with Gasteiger partial charge in [-0.1, -0.05) is 54.6 Å². The average molecular weight is 464 g/mol. The minimum atomic E-state index is -1.36. The van der Waals surface area contributed by atoms with Gasteiger partial charge in [0, 0.05) is 11.1 Å². The number of hydrogen-bond acceptors (Lipinski definition) is 5. The fourth-order valence-corrected chi connectivity index (χ4v) is 5.89. The molecule has 0 bridgehead atoms. The van der Waals surface area contributed by atoms with Crippen LogP contribution in [0.5, 0.6) is 0 Å². The number of para-hydroxylation sites is 1. The Labute approximate surface area is 198 Å². The second-order valence-corrected chi connectivity index (χ2v) is 9.04. The van der Waals surface area contributed by atoms with Gasteiger partial charge in [0.15, 0.2) is 10.6 Å². The van der Waals surface area contributed by atoms with E-state index >= 15 is 0 Å². The first-order chi connectivity index (χ1) is 16.5. The molecule has 164 valence electrons. The van der Waals surface area contributed by atoms with Crippen molar-refractivity contribution in [3.05, 3.63) is 110 Å². The van der Waals surface area contributed by atoms with Crippen LogP contribution in [0.3, 0.4) is 0 Å². The number of nitrogens with one attached hydrogen (secondary N) is 3. The summed E-state index contributed by atoms with van der Waals surface area (Å²) < 4.78 is 1.96. The van der Waals surface area contributed by atoms with Crippen LogP contribution in [-0.2, 0) is 5.41 Å². The summed E-state index contributed by atoms with van der Waals surface area (Å²) in [6.45, 7) is 1.88. The molecule has 0 saturated heterocycles. The number of ketones is 1. The summed E-state index contributed by atoms with van der Waals surface area (Å²) in [6.07, 6.45) is 0. The predicted octanol–water partition coefficient (Wildman–Crippen LogP) is 4.67. The van der Waals surface area contributed by atoms with Crippen LogP contribution in [0.1, 0.15) is 32.7 Å². The van der Waals surface area contributed by atoms with Crippen molar-refractivity contribution in [3.63, 3.8) is 0 Å². The van der Waals surface area contributed by atoms with Crippen molar-refractivity contribution in [3.8, 4) is 5.69 Å². The number of carbonyl (C=O) groups is 1. The van der Waals surface area contributed by atoms with E-state index in [-0.39, 0.29) is 10.6 Å². The first-order valence-corrected chi connectivity index (χ1v) is 11.3. The van der Waals surface area contributed by atoms with Crippen LogP contribution in [0.25, 0.3) is 16.5 Å². The Morgan fingerprint density at radius 2 is 1.68 bits per heavy atom. The summed E-state index contributed by atoms with van der Waals surface area (Å²) in [5.41, 5.74) is 2.10. The first kappa shape index (κ1) is 19.2. The number of nitrogens with zero attached hydrogens (tertiary/aromatic N) is 2. The van der Waals surface area contributed by atoms with Gasteiger partial charge in [0.2, 0.25) is 0 Å². The van der Waals surface area contributed by atoms with E-state index in [1.54, 1.807) is 4.68 Å². The molecular formula is C26H17N5O2S. The number of aromatic amines is 2. The number of fused-ring (bicyclic) bond motifs is 5. The molecule has 3 N–H and O–H groups in total. The van der Waals surface area contributed by atoms with Gasteiger partial charge in [-0.2, -0.15) is 5.10 Å². The van der Waals surface area contributed by atoms with E-state index in [1.165, 1.54) is 0 Å². The molecule has 2 aliphatic rings. The molecule has 5 aromatic rings. The zero-order valence-corrected chi connectivity index (χ0v) is 18.8. The molecule has 1 atom stereocenters. The maximum atomic E-state index is 14.5. The molecule has 8 heteroatoms. The highest BCUT2D eigenvalue weighted by Crippen LogP contribution is 2.56. The Bertz CT molecular complexity index is 1810. The monoisotopic (exact) mass is 463 g/mol. The molecule has 34 heavy (non-hydrogen) atoms. The predicted molar refractivity (Wildman–Crippen MR) is 132 cm³/mol. The fourth-order valence-electron chi connectivity index (χ4n) is 5.69. The van der Waals surface area contributed by atoms with Crippen molar-refractivity contribution in [1.82, 2.24) is 19.7 Å². The number of aryl methyl sites for hydroxylation is 1. The molecule has 2 aromatic heterocycles. The van der Waals surface area contributed by atoms with E-state index < -0.39 is 11.0 Å². The van der Waals surface area contributed by atoms with E-state index in [1.807, 2.05) is 73.7 Å². The summed E-state index contributed by atoms with van der Waals surface area (Å²) in [7, 11) is 0. The van der Waals surface area contributed by atoms with Crippen LogP contribution in [0, 0.1) is 11.7 Å². The zero-order valence-electron chi connectivity index (χ0n) is 18.0. The van der Waals surface area contributed by atoms with Gasteiger partial charge < -0.3 is 10.3 Å². The van der Waals surface area contributed by atoms with Crippen molar-refractivity contribution in [1.29, 1.82) is 0 Å². The van der Waals surface area contributed by atoms with Crippen molar-refractivity contribution in [2.24, 2.45) is 0 Å². The van der Waals surface area contributed by atoms with E-state index in [0.29, 0.717) is 34.0 Å². The number of anilines is 2. The first-order valence-electron chi connectivity index (χ1n) is 10.9. The third kappa shape index (κ3) is 2.16. The lowest BCUT2D eigenvalue weighted by Crippen LogP contribution is -2.44. The normalized spacial score (nSPS) is 17.6. The lowest BCUT2D eigenvalue weighted by Gasteiger charge is -2.35. The van der Waals surface area contributed by atoms with Gasteiger partial charge in [0.05, 0.1) is 16.9 Å². The Balaban J connectivity index is 1.70. The second kappa shape index (κ2) is 6.39. The number of rotatable bonds is 1. The third-order valence-corrected chi connectivity index (χ3v) is 7.10. The van der Waals surface area contributed by atoms with E-state index in [2.05, 4.69) is 15.3 Å². The quantitative estimate of drug-likeness (QED) is 0.314. The van der Waals surface area contributed by atoms with Gasteiger partial charge in [-0.3, -0.25) is 14.6 Å². The van der Waals surface area contributed by atoms with Crippen LogP contribution in [0.2, 0.25) is 0 Å². The van der Waals surface area contributed by atoms with Crippen LogP contribution in [-0.4, -0.2) is 25.5 Å². The number of Topliss-reactive ketones (excluding diaryl/α,β-unsaturated/α-hetero) is 1. The lowest BCUT2D eigenvalue weighted by molar-refractivity contribution is 0.0943. The Hall–Kier alpha value is -4.30. The van der Waals surface area contributed by atoms with Crippen LogP contribution in [0.4, 0.5) is 11.6 Å². The van der Waals surface area contributed by atoms with Gasteiger partial charge in [-0.25, -0.2) is 4.68 Å². The largest absolute Gasteiger partial charge is 0.326 e. The molecule has 7 rings (SSSR count). The maximum Gasteiger partial charge on any atom is 0.258 e. The van der Waals surface area contributed by atoms with Gasteiger partial charge in [-0.05, 0) is 47.6 Å². The van der Waals surface area contributed by atoms with Crippen molar-refractivity contribution < 1.29 is 4.79 Å². The van der Waals surface area contributed by atoms with Crippen molar-refractivity contribution >= 4 is 40.4 Å². The molecule has 0 unspecified atom stereocenters. The number of carbonyl (C=O) groups excluding carboxylic acids is 1. The molecular weight excluding hydrogens is 446 g/mol. The highest BCUT2D eigenvalue weighted by molar-refractivity contribution is 7.71. The molecule has 1 spiro atoms. The minimum absolute atomic E-state index is 0.143. The minimum Gasteiger partial charge on any atom is -0.326 e. The fraction of sp³-hybridized carbons (Fsp3) is 0.0769. The van der Waals surface area contributed by atoms with E-state index in [9.17, 15) is 9.59 Å². The molecule has 1 aliphatic carbocycles. The second-order valence-electron chi connectivity index (χ2n) is 8.63. The SMILES string of the molecule is Cc1nn(-c2ccccc2)c2c1[C@@]1(C(=O)c3cccc4cccc1c34)c1c([nH]c(=S)[nH]c1=O)N2. The van der Waals surface area contributed by atoms with Crippen LogP contribution in [0.15, 0.2) is 71.5 Å². The van der Waals surface area contributed by atoms with Gasteiger partial charge in [0.25, 0.3) is 5.56 Å². The summed E-state index contributed by atoms with van der Waals surface area (Å²) in [6, 6.07) is 21.2. The van der Waals surface area contributed by atoms with Crippen LogP contribution < -0.4 is 10.9 Å². The summed E-state index contributed by atoms with van der Waals surface area (Å²) in [5, 5.41) is 9.99. The highest BCUT2D eigenvalue weighted by atomic mass is 32.1. The van der Waals surface area contributed by atoms with Crippen LogP contribution >= 0.6 is 12.2 Å². The molecule has 0 amide bonds. The van der Waals surface area contributed by atoms with E-state index in [4.69, 9.17) is 17.3 Å².